The van der Waals surface area contributed by atoms with Gasteiger partial charge in [0.05, 0.1) is 6.04 Å². The predicted octanol–water partition coefficient (Wildman–Crippen LogP) is 3.72. The molecule has 0 saturated carbocycles. The van der Waals surface area contributed by atoms with E-state index in [-0.39, 0.29) is 5.91 Å². The second kappa shape index (κ2) is 6.28. The van der Waals surface area contributed by atoms with Crippen LogP contribution in [0.15, 0.2) is 42.0 Å². The molecule has 0 N–H and O–H groups in total. The highest BCUT2D eigenvalue weighted by atomic mass is 16.2. The number of carbonyl (C=O) groups excluding carboxylic acids is 1. The molecule has 1 aliphatic carbocycles. The standard InChI is InChI=1S/C22H28N2O/c25-22(16-7-2-1-3-8-16)24-12-6-9-17-13-18-14-19(21(17)24)15-23-11-5-4-10-20(18)23/h1-3,7-8,13,18-21H,4-6,9-12,14-15H2. The Morgan fingerprint density at radius 1 is 1.04 bits per heavy atom. The van der Waals surface area contributed by atoms with Gasteiger partial charge in [-0.3, -0.25) is 9.69 Å². The maximum absolute atomic E-state index is 13.2. The highest BCUT2D eigenvalue weighted by Gasteiger charge is 2.46. The molecule has 1 aromatic rings. The summed E-state index contributed by atoms with van der Waals surface area (Å²) in [5, 5.41) is 0. The fourth-order valence-electron chi connectivity index (χ4n) is 5.95. The summed E-state index contributed by atoms with van der Waals surface area (Å²) in [6.45, 7) is 3.38. The SMILES string of the molecule is O=C(c1ccccc1)N1CCCC2=CC3CC(CN4CCCCC34)C21. The van der Waals surface area contributed by atoms with E-state index < -0.39 is 0 Å². The Kier molecular flexibility index (Phi) is 3.93. The number of piperidine rings is 3. The summed E-state index contributed by atoms with van der Waals surface area (Å²) in [4.78, 5) is 18.1. The maximum Gasteiger partial charge on any atom is 0.254 e. The van der Waals surface area contributed by atoms with E-state index in [1.807, 2.05) is 30.3 Å². The molecule has 3 saturated heterocycles. The predicted molar refractivity (Wildman–Crippen MR) is 99.4 cm³/mol. The van der Waals surface area contributed by atoms with E-state index in [0.29, 0.717) is 12.0 Å². The number of likely N-dealkylation sites (tertiary alicyclic amines) is 1. The Balaban J connectivity index is 1.46. The normalized spacial score (nSPS) is 34.7. The average Bonchev–Trinajstić information content (AvgIpc) is 2.68. The van der Waals surface area contributed by atoms with E-state index in [1.165, 1.54) is 45.2 Å². The third kappa shape index (κ3) is 2.64. The van der Waals surface area contributed by atoms with Crippen LogP contribution in [-0.4, -0.2) is 47.4 Å². The minimum atomic E-state index is 0.232. The topological polar surface area (TPSA) is 23.6 Å². The van der Waals surface area contributed by atoms with Crippen molar-refractivity contribution < 1.29 is 4.79 Å². The molecule has 0 radical (unpaired) electrons. The lowest BCUT2D eigenvalue weighted by atomic mass is 9.68. The monoisotopic (exact) mass is 336 g/mol. The quantitative estimate of drug-likeness (QED) is 0.730. The van der Waals surface area contributed by atoms with Crippen LogP contribution in [0.5, 0.6) is 0 Å². The molecular weight excluding hydrogens is 308 g/mol. The molecule has 1 amide bonds. The van der Waals surface area contributed by atoms with E-state index >= 15 is 0 Å². The number of nitrogens with zero attached hydrogens (tertiary/aromatic N) is 2. The molecule has 1 aromatic carbocycles. The number of carbonyl (C=O) groups is 1. The summed E-state index contributed by atoms with van der Waals surface area (Å²) in [7, 11) is 0. The lowest BCUT2D eigenvalue weighted by Gasteiger charge is -2.54. The number of amides is 1. The number of hydrogen-bond donors (Lipinski definition) is 0. The Labute approximate surface area is 150 Å². The van der Waals surface area contributed by atoms with E-state index in [2.05, 4.69) is 15.9 Å². The van der Waals surface area contributed by atoms with E-state index in [0.717, 1.165) is 30.5 Å². The highest BCUT2D eigenvalue weighted by molar-refractivity contribution is 5.94. The minimum Gasteiger partial charge on any atom is -0.332 e. The zero-order valence-electron chi connectivity index (χ0n) is 14.9. The lowest BCUT2D eigenvalue weighted by Crippen LogP contribution is -2.60. The van der Waals surface area contributed by atoms with Crippen molar-refractivity contribution >= 4 is 5.91 Å². The van der Waals surface area contributed by atoms with Gasteiger partial charge in [-0.25, -0.2) is 0 Å². The van der Waals surface area contributed by atoms with Crippen LogP contribution >= 0.6 is 0 Å². The van der Waals surface area contributed by atoms with Crippen LogP contribution in [0.4, 0.5) is 0 Å². The second-order valence-corrected chi connectivity index (χ2v) is 8.37. The number of rotatable bonds is 1. The summed E-state index contributed by atoms with van der Waals surface area (Å²) in [5.41, 5.74) is 2.42. The van der Waals surface area contributed by atoms with Gasteiger partial charge in [0.25, 0.3) is 5.91 Å². The molecule has 3 heterocycles. The van der Waals surface area contributed by atoms with Crippen molar-refractivity contribution in [2.24, 2.45) is 11.8 Å². The van der Waals surface area contributed by atoms with Crippen molar-refractivity contribution in [1.82, 2.24) is 9.80 Å². The summed E-state index contributed by atoms with van der Waals surface area (Å²) < 4.78 is 0. The van der Waals surface area contributed by atoms with Gasteiger partial charge in [-0.15, -0.1) is 0 Å². The van der Waals surface area contributed by atoms with Gasteiger partial charge in [-0.1, -0.05) is 36.3 Å². The third-order valence-electron chi connectivity index (χ3n) is 6.94. The Morgan fingerprint density at radius 3 is 2.80 bits per heavy atom. The maximum atomic E-state index is 13.2. The van der Waals surface area contributed by atoms with Crippen molar-refractivity contribution in [1.29, 1.82) is 0 Å². The van der Waals surface area contributed by atoms with Gasteiger partial charge in [0, 0.05) is 24.7 Å². The van der Waals surface area contributed by atoms with Crippen LogP contribution in [0, 0.1) is 11.8 Å². The number of hydrogen-bond acceptors (Lipinski definition) is 2. The molecule has 25 heavy (non-hydrogen) atoms. The third-order valence-corrected chi connectivity index (χ3v) is 6.94. The van der Waals surface area contributed by atoms with E-state index in [4.69, 9.17) is 0 Å². The second-order valence-electron chi connectivity index (χ2n) is 8.37. The summed E-state index contributed by atoms with van der Waals surface area (Å²) in [6.07, 6.45) is 10.3. The van der Waals surface area contributed by atoms with Crippen LogP contribution in [0.25, 0.3) is 0 Å². The smallest absolute Gasteiger partial charge is 0.254 e. The van der Waals surface area contributed by atoms with Gasteiger partial charge in [0.1, 0.15) is 0 Å². The van der Waals surface area contributed by atoms with Gasteiger partial charge in [-0.2, -0.15) is 0 Å². The molecule has 5 rings (SSSR count). The van der Waals surface area contributed by atoms with Crippen molar-refractivity contribution in [2.75, 3.05) is 19.6 Å². The Bertz CT molecular complexity index is 683. The molecule has 4 atom stereocenters. The molecule has 3 nitrogen and oxygen atoms in total. The largest absolute Gasteiger partial charge is 0.332 e. The number of fused-ring (bicyclic) bond motifs is 6. The van der Waals surface area contributed by atoms with Gasteiger partial charge >= 0.3 is 0 Å². The molecule has 132 valence electrons. The van der Waals surface area contributed by atoms with Crippen LogP contribution in [-0.2, 0) is 0 Å². The summed E-state index contributed by atoms with van der Waals surface area (Å²) in [5.74, 6) is 1.60. The van der Waals surface area contributed by atoms with Crippen molar-refractivity contribution in [3.05, 3.63) is 47.5 Å². The average molecular weight is 336 g/mol. The molecular formula is C22H28N2O. The zero-order chi connectivity index (χ0) is 16.8. The molecule has 3 aliphatic heterocycles. The first-order chi connectivity index (χ1) is 12.3. The zero-order valence-corrected chi connectivity index (χ0v) is 14.9. The highest BCUT2D eigenvalue weighted by Crippen LogP contribution is 2.45. The van der Waals surface area contributed by atoms with Gasteiger partial charge < -0.3 is 4.90 Å². The first-order valence-corrected chi connectivity index (χ1v) is 10.1. The van der Waals surface area contributed by atoms with Crippen LogP contribution in [0.3, 0.4) is 0 Å². The molecule has 4 aliphatic rings. The van der Waals surface area contributed by atoms with Gasteiger partial charge in [0.2, 0.25) is 0 Å². The minimum absolute atomic E-state index is 0.232. The Hall–Kier alpha value is -1.61. The lowest BCUT2D eigenvalue weighted by molar-refractivity contribution is 0.00148. The first-order valence-electron chi connectivity index (χ1n) is 10.1. The molecule has 0 aromatic heterocycles. The van der Waals surface area contributed by atoms with Gasteiger partial charge in [0.15, 0.2) is 0 Å². The molecule has 0 spiro atoms. The van der Waals surface area contributed by atoms with Crippen LogP contribution in [0.1, 0.15) is 48.9 Å². The van der Waals surface area contributed by atoms with Crippen LogP contribution in [0.2, 0.25) is 0 Å². The van der Waals surface area contributed by atoms with Crippen molar-refractivity contribution in [3.63, 3.8) is 0 Å². The van der Waals surface area contributed by atoms with Gasteiger partial charge in [-0.05, 0) is 62.6 Å². The first kappa shape index (κ1) is 15.6. The summed E-state index contributed by atoms with van der Waals surface area (Å²) >= 11 is 0. The Morgan fingerprint density at radius 2 is 1.92 bits per heavy atom. The van der Waals surface area contributed by atoms with Crippen LogP contribution < -0.4 is 0 Å². The fourth-order valence-corrected chi connectivity index (χ4v) is 5.95. The molecule has 4 unspecified atom stereocenters. The van der Waals surface area contributed by atoms with E-state index in [9.17, 15) is 4.79 Å². The molecule has 3 fully saturated rings. The summed E-state index contributed by atoms with van der Waals surface area (Å²) in [6, 6.07) is 11.0. The van der Waals surface area contributed by atoms with Crippen molar-refractivity contribution in [3.8, 4) is 0 Å². The fraction of sp³-hybridized carbons (Fsp3) is 0.591. The number of benzene rings is 1. The van der Waals surface area contributed by atoms with Crippen molar-refractivity contribution in [2.45, 2.75) is 50.6 Å². The van der Waals surface area contributed by atoms with E-state index in [1.54, 1.807) is 5.57 Å². The molecule has 3 heteroatoms. The molecule has 2 bridgehead atoms.